The number of methoxy groups -OCH3 is 1. The predicted molar refractivity (Wildman–Crippen MR) is 124 cm³/mol. The van der Waals surface area contributed by atoms with Gasteiger partial charge in [-0.25, -0.2) is 0 Å². The summed E-state index contributed by atoms with van der Waals surface area (Å²) in [6, 6.07) is 17.9. The Kier molecular flexibility index (Phi) is 9.07. The second kappa shape index (κ2) is 12.2. The van der Waals surface area contributed by atoms with E-state index in [0.29, 0.717) is 51.6 Å². The number of ether oxygens (including phenoxy) is 2. The van der Waals surface area contributed by atoms with Crippen molar-refractivity contribution in [2.24, 2.45) is 0 Å². The first-order valence-electron chi connectivity index (χ1n) is 11.2. The van der Waals surface area contributed by atoms with E-state index in [1.54, 1.807) is 14.0 Å². The van der Waals surface area contributed by atoms with Crippen LogP contribution in [0.4, 0.5) is 0 Å². The molecule has 0 aliphatic carbocycles. The van der Waals surface area contributed by atoms with Gasteiger partial charge in [0.2, 0.25) is 5.91 Å². The molecule has 3 rings (SSSR count). The third-order valence-corrected chi connectivity index (χ3v) is 5.52. The SMILES string of the molecule is COCCCNC(=O)CN1CCN(C(=O)C(C)Oc2ccc(-c3ccccc3)cc2)CC1. The molecule has 1 atom stereocenters. The molecule has 1 aliphatic heterocycles. The number of hydrogen-bond donors (Lipinski definition) is 1. The van der Waals surface area contributed by atoms with E-state index in [0.717, 1.165) is 17.5 Å². The lowest BCUT2D eigenvalue weighted by atomic mass is 10.1. The molecule has 0 spiro atoms. The van der Waals surface area contributed by atoms with E-state index >= 15 is 0 Å². The Hall–Kier alpha value is -2.90. The van der Waals surface area contributed by atoms with Gasteiger partial charge in [0, 0.05) is 46.4 Å². The molecular weight excluding hydrogens is 406 g/mol. The van der Waals surface area contributed by atoms with Crippen LogP contribution in [0.2, 0.25) is 0 Å². The third kappa shape index (κ3) is 7.07. The van der Waals surface area contributed by atoms with Crippen molar-refractivity contribution in [3.63, 3.8) is 0 Å². The van der Waals surface area contributed by atoms with Crippen molar-refractivity contribution in [2.45, 2.75) is 19.4 Å². The Labute approximate surface area is 190 Å². The number of benzene rings is 2. The van der Waals surface area contributed by atoms with E-state index in [-0.39, 0.29) is 11.8 Å². The molecule has 0 radical (unpaired) electrons. The van der Waals surface area contributed by atoms with E-state index < -0.39 is 6.10 Å². The van der Waals surface area contributed by atoms with Gasteiger partial charge in [-0.15, -0.1) is 0 Å². The molecule has 1 heterocycles. The van der Waals surface area contributed by atoms with E-state index in [4.69, 9.17) is 9.47 Å². The van der Waals surface area contributed by atoms with Gasteiger partial charge in [0.05, 0.1) is 6.54 Å². The van der Waals surface area contributed by atoms with E-state index in [2.05, 4.69) is 22.3 Å². The summed E-state index contributed by atoms with van der Waals surface area (Å²) in [7, 11) is 1.65. The zero-order valence-electron chi connectivity index (χ0n) is 19.0. The standard InChI is InChI=1S/C25H33N3O4/c1-20(32-23-11-9-22(10-12-23)21-7-4-3-5-8-21)25(30)28-16-14-27(15-17-28)19-24(29)26-13-6-18-31-2/h3-5,7-12,20H,6,13-19H2,1-2H3,(H,26,29). The molecule has 1 aliphatic rings. The molecule has 2 aromatic rings. The molecule has 0 bridgehead atoms. The molecule has 172 valence electrons. The summed E-state index contributed by atoms with van der Waals surface area (Å²) >= 11 is 0. The highest BCUT2D eigenvalue weighted by atomic mass is 16.5. The van der Waals surface area contributed by atoms with Crippen molar-refractivity contribution in [3.05, 3.63) is 54.6 Å². The average molecular weight is 440 g/mol. The van der Waals surface area contributed by atoms with Crippen LogP contribution in [0, 0.1) is 0 Å². The van der Waals surface area contributed by atoms with Gasteiger partial charge in [0.25, 0.3) is 5.91 Å². The van der Waals surface area contributed by atoms with Crippen LogP contribution in [0.1, 0.15) is 13.3 Å². The fraction of sp³-hybridized carbons (Fsp3) is 0.440. The molecule has 7 nitrogen and oxygen atoms in total. The Bertz CT molecular complexity index is 849. The smallest absolute Gasteiger partial charge is 0.263 e. The van der Waals surface area contributed by atoms with Crippen LogP contribution < -0.4 is 10.1 Å². The fourth-order valence-corrected chi connectivity index (χ4v) is 3.70. The van der Waals surface area contributed by atoms with Gasteiger partial charge >= 0.3 is 0 Å². The van der Waals surface area contributed by atoms with Crippen LogP contribution in [-0.2, 0) is 14.3 Å². The second-order valence-corrected chi connectivity index (χ2v) is 7.95. The number of rotatable bonds is 10. The highest BCUT2D eigenvalue weighted by Gasteiger charge is 2.26. The molecule has 2 aromatic carbocycles. The maximum absolute atomic E-state index is 12.8. The highest BCUT2D eigenvalue weighted by molar-refractivity contribution is 5.81. The Balaban J connectivity index is 1.41. The number of carbonyl (C=O) groups is 2. The van der Waals surface area contributed by atoms with E-state index in [1.165, 1.54) is 0 Å². The normalized spacial score (nSPS) is 15.2. The minimum Gasteiger partial charge on any atom is -0.481 e. The van der Waals surface area contributed by atoms with Gasteiger partial charge < -0.3 is 19.7 Å². The Morgan fingerprint density at radius 1 is 0.969 bits per heavy atom. The quantitative estimate of drug-likeness (QED) is 0.576. The van der Waals surface area contributed by atoms with Gasteiger partial charge in [-0.1, -0.05) is 42.5 Å². The summed E-state index contributed by atoms with van der Waals surface area (Å²) in [5, 5.41) is 2.90. The van der Waals surface area contributed by atoms with Crippen molar-refractivity contribution in [1.82, 2.24) is 15.1 Å². The molecule has 2 amide bonds. The van der Waals surface area contributed by atoms with Crippen LogP contribution in [0.5, 0.6) is 5.75 Å². The minimum absolute atomic E-state index is 0.0107. The average Bonchev–Trinajstić information content (AvgIpc) is 2.83. The second-order valence-electron chi connectivity index (χ2n) is 7.95. The first-order valence-corrected chi connectivity index (χ1v) is 11.2. The summed E-state index contributed by atoms with van der Waals surface area (Å²) in [4.78, 5) is 28.7. The van der Waals surface area contributed by atoms with Crippen LogP contribution in [0.25, 0.3) is 11.1 Å². The van der Waals surface area contributed by atoms with Crippen molar-refractivity contribution < 1.29 is 19.1 Å². The van der Waals surface area contributed by atoms with Gasteiger partial charge in [-0.05, 0) is 36.6 Å². The van der Waals surface area contributed by atoms with Crippen molar-refractivity contribution in [2.75, 3.05) is 53.0 Å². The van der Waals surface area contributed by atoms with Gasteiger partial charge in [0.15, 0.2) is 6.10 Å². The van der Waals surface area contributed by atoms with Crippen molar-refractivity contribution in [3.8, 4) is 16.9 Å². The van der Waals surface area contributed by atoms with Crippen LogP contribution in [-0.4, -0.2) is 80.7 Å². The van der Waals surface area contributed by atoms with E-state index in [9.17, 15) is 9.59 Å². The van der Waals surface area contributed by atoms with Gasteiger partial charge in [-0.2, -0.15) is 0 Å². The summed E-state index contributed by atoms with van der Waals surface area (Å²) < 4.78 is 10.9. The lowest BCUT2D eigenvalue weighted by Gasteiger charge is -2.35. The molecule has 1 unspecified atom stereocenters. The monoisotopic (exact) mass is 439 g/mol. The summed E-state index contributed by atoms with van der Waals surface area (Å²) in [5.41, 5.74) is 2.25. The topological polar surface area (TPSA) is 71.1 Å². The molecule has 32 heavy (non-hydrogen) atoms. The molecule has 1 fully saturated rings. The highest BCUT2D eigenvalue weighted by Crippen LogP contribution is 2.23. The summed E-state index contributed by atoms with van der Waals surface area (Å²) in [5.74, 6) is 0.659. The van der Waals surface area contributed by atoms with Crippen LogP contribution in [0.15, 0.2) is 54.6 Å². The fourth-order valence-electron chi connectivity index (χ4n) is 3.70. The van der Waals surface area contributed by atoms with Crippen LogP contribution >= 0.6 is 0 Å². The maximum Gasteiger partial charge on any atom is 0.263 e. The molecule has 1 N–H and O–H groups in total. The number of hydrogen-bond acceptors (Lipinski definition) is 5. The first-order chi connectivity index (χ1) is 15.6. The molecule has 1 saturated heterocycles. The summed E-state index contributed by atoms with van der Waals surface area (Å²) in [6.07, 6.45) is 0.241. The minimum atomic E-state index is -0.562. The first kappa shape index (κ1) is 23.8. The predicted octanol–water partition coefficient (Wildman–Crippen LogP) is 2.42. The van der Waals surface area contributed by atoms with Crippen molar-refractivity contribution >= 4 is 11.8 Å². The lowest BCUT2D eigenvalue weighted by Crippen LogP contribution is -2.53. The number of nitrogens with one attached hydrogen (secondary N) is 1. The van der Waals surface area contributed by atoms with Crippen molar-refractivity contribution in [1.29, 1.82) is 0 Å². The molecule has 0 saturated carbocycles. The maximum atomic E-state index is 12.8. The number of nitrogens with zero attached hydrogens (tertiary/aromatic N) is 2. The van der Waals surface area contributed by atoms with E-state index in [1.807, 2.05) is 47.4 Å². The Morgan fingerprint density at radius 2 is 1.62 bits per heavy atom. The molecule has 7 heteroatoms. The zero-order valence-corrected chi connectivity index (χ0v) is 19.0. The number of carbonyl (C=O) groups excluding carboxylic acids is 2. The largest absolute Gasteiger partial charge is 0.481 e. The molecule has 0 aromatic heterocycles. The summed E-state index contributed by atoms with van der Waals surface area (Å²) in [6.45, 7) is 5.94. The number of amides is 2. The van der Waals surface area contributed by atoms with Crippen LogP contribution in [0.3, 0.4) is 0 Å². The zero-order chi connectivity index (χ0) is 22.8. The number of piperazine rings is 1. The Morgan fingerprint density at radius 3 is 2.28 bits per heavy atom. The van der Waals surface area contributed by atoms with Gasteiger partial charge in [0.1, 0.15) is 5.75 Å². The molecular formula is C25H33N3O4. The lowest BCUT2D eigenvalue weighted by molar-refractivity contribution is -0.139. The van der Waals surface area contributed by atoms with Gasteiger partial charge in [-0.3, -0.25) is 14.5 Å². The third-order valence-electron chi connectivity index (χ3n) is 5.52.